The first kappa shape index (κ1) is 7.65. The van der Waals surface area contributed by atoms with Gasteiger partial charge in [-0.15, -0.1) is 0 Å². The van der Waals surface area contributed by atoms with Crippen molar-refractivity contribution in [3.05, 3.63) is 18.0 Å². The summed E-state index contributed by atoms with van der Waals surface area (Å²) in [6, 6.07) is 0. The van der Waals surface area contributed by atoms with E-state index >= 15 is 0 Å². The first-order valence-electron chi connectivity index (χ1n) is 4.63. The average Bonchev–Trinajstić information content (AvgIpc) is 2.54. The van der Waals surface area contributed by atoms with E-state index in [4.69, 9.17) is 0 Å². The van der Waals surface area contributed by atoms with Gasteiger partial charge in [0, 0.05) is 13.1 Å². The van der Waals surface area contributed by atoms with Crippen LogP contribution in [0.4, 0.5) is 0 Å². The monoisotopic (exact) mass is 165 g/mol. The van der Waals surface area contributed by atoms with Gasteiger partial charge in [-0.25, -0.2) is 0 Å². The van der Waals surface area contributed by atoms with Crippen LogP contribution in [0.1, 0.15) is 24.8 Å². The quantitative estimate of drug-likeness (QED) is 0.625. The fourth-order valence-corrected chi connectivity index (χ4v) is 1.64. The van der Waals surface area contributed by atoms with E-state index < -0.39 is 0 Å². The number of piperidine rings is 1. The highest BCUT2D eigenvalue weighted by molar-refractivity contribution is 5.02. The van der Waals surface area contributed by atoms with Crippen molar-refractivity contribution >= 4 is 0 Å². The second-order valence-electron chi connectivity index (χ2n) is 3.45. The number of nitrogens with zero attached hydrogens (tertiary/aromatic N) is 3. The minimum absolute atomic E-state index is 1.15. The number of aryl methyl sites for hydroxylation is 1. The molecule has 0 unspecified atom stereocenters. The normalized spacial score (nSPS) is 18.2. The second-order valence-corrected chi connectivity index (χ2v) is 3.45. The summed E-state index contributed by atoms with van der Waals surface area (Å²) >= 11 is 0. The maximum atomic E-state index is 4.28. The Hall–Kier alpha value is -0.990. The van der Waals surface area contributed by atoms with Crippen molar-refractivity contribution in [3.63, 3.8) is 0 Å². The molecule has 2 rings (SSSR count). The Morgan fingerprint density at radius 3 is 2.58 bits per heavy atom. The van der Waals surface area contributed by atoms with E-state index in [-0.39, 0.29) is 0 Å². The molecule has 1 aliphatic heterocycles. The molecule has 12 heavy (non-hydrogen) atoms. The van der Waals surface area contributed by atoms with E-state index in [2.05, 4.69) is 23.2 Å². The van der Waals surface area contributed by atoms with Gasteiger partial charge in [0.25, 0.3) is 0 Å². The SMILES string of the molecule is Cc1cnn(N2CCCCC2)c1. The van der Waals surface area contributed by atoms with Crippen molar-refractivity contribution in [2.45, 2.75) is 26.2 Å². The van der Waals surface area contributed by atoms with E-state index in [0.29, 0.717) is 0 Å². The van der Waals surface area contributed by atoms with Crippen LogP contribution in [0.3, 0.4) is 0 Å². The van der Waals surface area contributed by atoms with Crippen LogP contribution in [0.2, 0.25) is 0 Å². The predicted octanol–water partition coefficient (Wildman–Crippen LogP) is 1.31. The minimum atomic E-state index is 1.15. The summed E-state index contributed by atoms with van der Waals surface area (Å²) in [4.78, 5) is 1.98. The molecule has 0 aromatic carbocycles. The third-order valence-electron chi connectivity index (χ3n) is 2.32. The van der Waals surface area contributed by atoms with E-state index in [1.165, 1.54) is 24.8 Å². The fraction of sp³-hybridized carbons (Fsp3) is 0.667. The maximum absolute atomic E-state index is 4.28. The number of aromatic nitrogens is 2. The van der Waals surface area contributed by atoms with Crippen LogP contribution < -0.4 is 5.01 Å². The molecule has 1 fully saturated rings. The highest BCUT2D eigenvalue weighted by Gasteiger charge is 2.10. The molecular formula is C9H15N3. The summed E-state index contributed by atoms with van der Waals surface area (Å²) in [6.07, 6.45) is 7.98. The molecule has 0 bridgehead atoms. The van der Waals surface area contributed by atoms with E-state index in [1.807, 2.05) is 11.0 Å². The molecule has 0 N–H and O–H groups in total. The Bertz CT molecular complexity index is 248. The van der Waals surface area contributed by atoms with Crippen LogP contribution in [0, 0.1) is 6.92 Å². The molecule has 0 radical (unpaired) electrons. The van der Waals surface area contributed by atoms with Crippen molar-refractivity contribution in [3.8, 4) is 0 Å². The van der Waals surface area contributed by atoms with E-state index in [9.17, 15) is 0 Å². The van der Waals surface area contributed by atoms with Crippen molar-refractivity contribution in [2.75, 3.05) is 18.1 Å². The lowest BCUT2D eigenvalue weighted by Crippen LogP contribution is -2.39. The molecule has 0 amide bonds. The third kappa shape index (κ3) is 1.44. The number of hydrogen-bond acceptors (Lipinski definition) is 2. The van der Waals surface area contributed by atoms with E-state index in [0.717, 1.165) is 13.1 Å². The summed E-state index contributed by atoms with van der Waals surface area (Å²) < 4.78 is 0. The van der Waals surface area contributed by atoms with Crippen LogP contribution in [0.25, 0.3) is 0 Å². The molecule has 0 aliphatic carbocycles. The Morgan fingerprint density at radius 1 is 1.25 bits per heavy atom. The van der Waals surface area contributed by atoms with Crippen LogP contribution in [0.15, 0.2) is 12.4 Å². The summed E-state index contributed by atoms with van der Waals surface area (Å²) in [6.45, 7) is 4.38. The van der Waals surface area contributed by atoms with Gasteiger partial charge in [0.15, 0.2) is 0 Å². The van der Waals surface area contributed by atoms with Gasteiger partial charge in [0.1, 0.15) is 0 Å². The molecule has 1 aromatic rings. The lowest BCUT2D eigenvalue weighted by atomic mass is 10.2. The second kappa shape index (κ2) is 3.17. The molecule has 3 heteroatoms. The Kier molecular flexibility index (Phi) is 2.02. The highest BCUT2D eigenvalue weighted by Crippen LogP contribution is 2.07. The van der Waals surface area contributed by atoms with Gasteiger partial charge in [-0.1, -0.05) is 0 Å². The van der Waals surface area contributed by atoms with Crippen molar-refractivity contribution in [2.24, 2.45) is 0 Å². The molecule has 66 valence electrons. The molecule has 1 aromatic heterocycles. The molecular weight excluding hydrogens is 150 g/mol. The standard InChI is InChI=1S/C9H15N3/c1-9-7-10-12(8-9)11-5-3-2-4-6-11/h7-8H,2-6H2,1H3. The Balaban J connectivity index is 2.08. The van der Waals surface area contributed by atoms with Gasteiger partial charge in [0.05, 0.1) is 12.4 Å². The zero-order chi connectivity index (χ0) is 8.39. The third-order valence-corrected chi connectivity index (χ3v) is 2.32. The van der Waals surface area contributed by atoms with Gasteiger partial charge in [-0.05, 0) is 31.7 Å². The zero-order valence-corrected chi connectivity index (χ0v) is 7.53. The topological polar surface area (TPSA) is 21.1 Å². The maximum Gasteiger partial charge on any atom is 0.0540 e. The summed E-state index contributed by atoms with van der Waals surface area (Å²) in [5.41, 5.74) is 1.24. The fourth-order valence-electron chi connectivity index (χ4n) is 1.64. The van der Waals surface area contributed by atoms with Crippen LogP contribution in [0.5, 0.6) is 0 Å². The number of hydrogen-bond donors (Lipinski definition) is 0. The molecule has 0 saturated carbocycles. The first-order valence-corrected chi connectivity index (χ1v) is 4.63. The Labute approximate surface area is 73.0 Å². The zero-order valence-electron chi connectivity index (χ0n) is 7.53. The molecule has 2 heterocycles. The van der Waals surface area contributed by atoms with Gasteiger partial charge in [-0.3, -0.25) is 5.01 Å². The number of rotatable bonds is 1. The molecule has 1 aliphatic rings. The van der Waals surface area contributed by atoms with Gasteiger partial charge < -0.3 is 0 Å². The predicted molar refractivity (Wildman–Crippen MR) is 48.8 cm³/mol. The smallest absolute Gasteiger partial charge is 0.0540 e. The average molecular weight is 165 g/mol. The van der Waals surface area contributed by atoms with Crippen LogP contribution in [-0.4, -0.2) is 23.0 Å². The van der Waals surface area contributed by atoms with Gasteiger partial charge in [-0.2, -0.15) is 9.89 Å². The largest absolute Gasteiger partial charge is 0.297 e. The lowest BCUT2D eigenvalue weighted by molar-refractivity contribution is 0.449. The molecule has 0 atom stereocenters. The highest BCUT2D eigenvalue weighted by atomic mass is 15.6. The summed E-state index contributed by atoms with van der Waals surface area (Å²) in [7, 11) is 0. The van der Waals surface area contributed by atoms with E-state index in [1.54, 1.807) is 0 Å². The Morgan fingerprint density at radius 2 is 2.00 bits per heavy atom. The van der Waals surface area contributed by atoms with Crippen LogP contribution in [-0.2, 0) is 0 Å². The van der Waals surface area contributed by atoms with Crippen molar-refractivity contribution in [1.29, 1.82) is 0 Å². The van der Waals surface area contributed by atoms with Crippen LogP contribution >= 0.6 is 0 Å². The molecule has 3 nitrogen and oxygen atoms in total. The van der Waals surface area contributed by atoms with Crippen molar-refractivity contribution in [1.82, 2.24) is 9.89 Å². The van der Waals surface area contributed by atoms with Crippen molar-refractivity contribution < 1.29 is 0 Å². The minimum Gasteiger partial charge on any atom is -0.297 e. The summed E-state index contributed by atoms with van der Waals surface area (Å²) in [5.74, 6) is 0. The summed E-state index contributed by atoms with van der Waals surface area (Å²) in [5, 5.41) is 6.58. The molecule has 0 spiro atoms. The lowest BCUT2D eigenvalue weighted by Gasteiger charge is -2.28. The van der Waals surface area contributed by atoms with Gasteiger partial charge >= 0.3 is 0 Å². The molecule has 1 saturated heterocycles. The van der Waals surface area contributed by atoms with Gasteiger partial charge in [0.2, 0.25) is 0 Å². The first-order chi connectivity index (χ1) is 5.86.